The van der Waals surface area contributed by atoms with Gasteiger partial charge in [0.05, 0.1) is 15.4 Å². The predicted octanol–water partition coefficient (Wildman–Crippen LogP) is 1.09. The van der Waals surface area contributed by atoms with Crippen molar-refractivity contribution in [2.45, 2.75) is 6.61 Å². The number of nitro benzene ring substituents is 2. The largest absolute Gasteiger partial charge is 0.452 e. The van der Waals surface area contributed by atoms with E-state index in [1.807, 2.05) is 0 Å². The van der Waals surface area contributed by atoms with Crippen LogP contribution in [0, 0.1) is 20.2 Å². The van der Waals surface area contributed by atoms with Crippen LogP contribution in [0.4, 0.5) is 11.4 Å². The van der Waals surface area contributed by atoms with Gasteiger partial charge >= 0.3 is 17.8 Å². The fourth-order valence-corrected chi connectivity index (χ4v) is 1.16. The van der Waals surface area contributed by atoms with Crippen LogP contribution in [0.5, 0.6) is 0 Å². The van der Waals surface area contributed by atoms with Crippen molar-refractivity contribution >= 4 is 17.8 Å². The van der Waals surface area contributed by atoms with Crippen LogP contribution in [-0.2, 0) is 16.1 Å². The molecule has 0 aliphatic rings. The molecule has 0 unspecified atom stereocenters. The molecule has 8 heteroatoms. The zero-order chi connectivity index (χ0) is 12.1. The Morgan fingerprint density at radius 2 is 1.94 bits per heavy atom. The first kappa shape index (κ1) is 11.6. The summed E-state index contributed by atoms with van der Waals surface area (Å²) in [6.07, 6.45) is 0. The summed E-state index contributed by atoms with van der Waals surface area (Å²) in [5.41, 5.74) is -1.37. The SMILES string of the molecule is O=[C]OCc1cccc([N+](=O)[O-])c1[N+](=O)[O-]. The van der Waals surface area contributed by atoms with Gasteiger partial charge in [-0.25, -0.2) is 4.79 Å². The first-order valence-electron chi connectivity index (χ1n) is 3.97. The Kier molecular flexibility index (Phi) is 3.49. The van der Waals surface area contributed by atoms with Gasteiger partial charge in [-0.1, -0.05) is 6.07 Å². The minimum atomic E-state index is -0.887. The van der Waals surface area contributed by atoms with Crippen molar-refractivity contribution in [1.82, 2.24) is 0 Å². The molecular weight excluding hydrogens is 220 g/mol. The molecule has 0 heterocycles. The average molecular weight is 225 g/mol. The lowest BCUT2D eigenvalue weighted by Crippen LogP contribution is -2.02. The Morgan fingerprint density at radius 1 is 1.25 bits per heavy atom. The first-order valence-corrected chi connectivity index (χ1v) is 3.97. The number of hydrogen-bond donors (Lipinski definition) is 0. The highest BCUT2D eigenvalue weighted by molar-refractivity contribution is 5.57. The Labute approximate surface area is 88.7 Å². The molecule has 0 aliphatic heterocycles. The molecule has 0 amide bonds. The van der Waals surface area contributed by atoms with E-state index in [9.17, 15) is 25.0 Å². The molecule has 0 aliphatic carbocycles. The molecule has 83 valence electrons. The molecule has 0 spiro atoms. The van der Waals surface area contributed by atoms with E-state index >= 15 is 0 Å². The molecule has 8 nitrogen and oxygen atoms in total. The van der Waals surface area contributed by atoms with Crippen molar-refractivity contribution in [3.8, 4) is 0 Å². The number of hydrogen-bond acceptors (Lipinski definition) is 6. The van der Waals surface area contributed by atoms with E-state index in [1.54, 1.807) is 0 Å². The van der Waals surface area contributed by atoms with Crippen molar-refractivity contribution in [2.24, 2.45) is 0 Å². The Bertz CT molecular complexity index is 444. The van der Waals surface area contributed by atoms with Gasteiger partial charge in [-0.05, 0) is 6.07 Å². The van der Waals surface area contributed by atoms with Gasteiger partial charge in [-0.2, -0.15) is 0 Å². The minimum absolute atomic E-state index is 0.0532. The molecule has 1 rings (SSSR count). The Hall–Kier alpha value is -2.51. The molecule has 0 aromatic heterocycles. The number of nitro groups is 2. The molecular formula is C8H5N2O6. The highest BCUT2D eigenvalue weighted by Gasteiger charge is 2.27. The quantitative estimate of drug-likeness (QED) is 0.547. The van der Waals surface area contributed by atoms with E-state index in [0.29, 0.717) is 0 Å². The van der Waals surface area contributed by atoms with Crippen LogP contribution in [0.2, 0.25) is 0 Å². The van der Waals surface area contributed by atoms with Gasteiger partial charge in [0.15, 0.2) is 0 Å². The van der Waals surface area contributed by atoms with Gasteiger partial charge in [0, 0.05) is 6.07 Å². The number of para-hydroxylation sites is 1. The highest BCUT2D eigenvalue weighted by atomic mass is 16.6. The summed E-state index contributed by atoms with van der Waals surface area (Å²) < 4.78 is 4.21. The summed E-state index contributed by atoms with van der Waals surface area (Å²) >= 11 is 0. The van der Waals surface area contributed by atoms with Gasteiger partial charge in [0.2, 0.25) is 0 Å². The van der Waals surface area contributed by atoms with Crippen molar-refractivity contribution in [3.05, 3.63) is 44.0 Å². The monoisotopic (exact) mass is 225 g/mol. The second kappa shape index (κ2) is 4.82. The van der Waals surface area contributed by atoms with Gasteiger partial charge in [-0.3, -0.25) is 20.2 Å². The summed E-state index contributed by atoms with van der Waals surface area (Å²) in [6.45, 7) is 0.659. The van der Waals surface area contributed by atoms with Crippen LogP contribution >= 0.6 is 0 Å². The molecule has 0 atom stereocenters. The topological polar surface area (TPSA) is 113 Å². The number of benzene rings is 1. The number of nitrogens with zero attached hydrogens (tertiary/aromatic N) is 2. The molecule has 1 radical (unpaired) electrons. The van der Waals surface area contributed by atoms with E-state index in [1.165, 1.54) is 12.1 Å². The zero-order valence-corrected chi connectivity index (χ0v) is 7.78. The summed E-state index contributed by atoms with van der Waals surface area (Å²) in [5.74, 6) is 0. The fraction of sp³-hybridized carbons (Fsp3) is 0.125. The number of rotatable bonds is 5. The third kappa shape index (κ3) is 2.29. The van der Waals surface area contributed by atoms with E-state index in [0.717, 1.165) is 12.5 Å². The second-order valence-electron chi connectivity index (χ2n) is 2.67. The van der Waals surface area contributed by atoms with Crippen LogP contribution in [0.3, 0.4) is 0 Å². The number of carbonyl (C=O) groups excluding carboxylic acids is 1. The lowest BCUT2D eigenvalue weighted by Gasteiger charge is -2.01. The lowest BCUT2D eigenvalue weighted by atomic mass is 10.1. The van der Waals surface area contributed by atoms with Crippen molar-refractivity contribution in [2.75, 3.05) is 0 Å². The van der Waals surface area contributed by atoms with Crippen LogP contribution in [0.15, 0.2) is 18.2 Å². The molecule has 1 aromatic rings. The first-order chi connectivity index (χ1) is 7.57. The normalized spacial score (nSPS) is 9.50. The number of ether oxygens (including phenoxy) is 1. The fourth-order valence-electron chi connectivity index (χ4n) is 1.16. The van der Waals surface area contributed by atoms with E-state index in [2.05, 4.69) is 4.74 Å². The standard InChI is InChI=1S/C8H5N2O6/c11-5-16-4-6-2-1-3-7(9(12)13)8(6)10(14)15/h1-3H,4H2. The molecule has 16 heavy (non-hydrogen) atoms. The van der Waals surface area contributed by atoms with Crippen molar-refractivity contribution in [1.29, 1.82) is 0 Å². The van der Waals surface area contributed by atoms with E-state index in [-0.39, 0.29) is 5.56 Å². The Morgan fingerprint density at radius 3 is 2.44 bits per heavy atom. The van der Waals surface area contributed by atoms with Gasteiger partial charge in [-0.15, -0.1) is 0 Å². The smallest absolute Gasteiger partial charge is 0.417 e. The second-order valence-corrected chi connectivity index (χ2v) is 2.67. The molecule has 1 aromatic carbocycles. The predicted molar refractivity (Wildman–Crippen MR) is 50.2 cm³/mol. The summed E-state index contributed by atoms with van der Waals surface area (Å²) in [4.78, 5) is 29.3. The molecule has 0 saturated carbocycles. The molecule has 0 N–H and O–H groups in total. The Balaban J connectivity index is 3.26. The lowest BCUT2D eigenvalue weighted by molar-refractivity contribution is -0.423. The van der Waals surface area contributed by atoms with Crippen LogP contribution in [-0.4, -0.2) is 16.3 Å². The zero-order valence-electron chi connectivity index (χ0n) is 7.78. The third-order valence-electron chi connectivity index (χ3n) is 1.76. The van der Waals surface area contributed by atoms with E-state index in [4.69, 9.17) is 0 Å². The van der Waals surface area contributed by atoms with Gasteiger partial charge in [0.25, 0.3) is 0 Å². The molecule has 0 bridgehead atoms. The summed E-state index contributed by atoms with van der Waals surface area (Å²) in [5, 5.41) is 21.2. The maximum atomic E-state index is 10.7. The van der Waals surface area contributed by atoms with Crippen molar-refractivity contribution < 1.29 is 19.4 Å². The molecule has 0 fully saturated rings. The third-order valence-corrected chi connectivity index (χ3v) is 1.76. The molecule has 0 saturated heterocycles. The highest BCUT2D eigenvalue weighted by Crippen LogP contribution is 2.30. The average Bonchev–Trinajstić information content (AvgIpc) is 2.25. The van der Waals surface area contributed by atoms with E-state index < -0.39 is 27.8 Å². The van der Waals surface area contributed by atoms with Crippen LogP contribution in [0.25, 0.3) is 0 Å². The maximum absolute atomic E-state index is 10.7. The summed E-state index contributed by atoms with van der Waals surface area (Å²) in [7, 11) is 0. The van der Waals surface area contributed by atoms with Gasteiger partial charge < -0.3 is 4.74 Å². The van der Waals surface area contributed by atoms with Crippen molar-refractivity contribution in [3.63, 3.8) is 0 Å². The van der Waals surface area contributed by atoms with Crippen LogP contribution < -0.4 is 0 Å². The summed E-state index contributed by atoms with van der Waals surface area (Å²) in [6, 6.07) is 3.55. The maximum Gasteiger partial charge on any atom is 0.417 e. The van der Waals surface area contributed by atoms with Crippen LogP contribution in [0.1, 0.15) is 5.56 Å². The minimum Gasteiger partial charge on any atom is -0.452 e. The van der Waals surface area contributed by atoms with Gasteiger partial charge in [0.1, 0.15) is 6.61 Å².